The Morgan fingerprint density at radius 2 is 1.16 bits per heavy atom. The molecule has 1 N–H and O–H groups in total. The average Bonchev–Trinajstić information content (AvgIpc) is 3.64. The molecule has 0 aliphatic rings. The Morgan fingerprint density at radius 3 is 1.74 bits per heavy atom. The molecule has 354 valence electrons. The monoisotopic (exact) mass is 1080 g/mol. The van der Waals surface area contributed by atoms with Crippen molar-refractivity contribution >= 4 is 11.0 Å². The Hall–Kier alpha value is -5.57. The van der Waals surface area contributed by atoms with Gasteiger partial charge in [-0.15, -0.1) is 29.3 Å². The van der Waals surface area contributed by atoms with E-state index in [0.29, 0.717) is 0 Å². The van der Waals surface area contributed by atoms with E-state index in [1.54, 1.807) is 0 Å². The van der Waals surface area contributed by atoms with Gasteiger partial charge in [-0.25, -0.2) is 4.98 Å². The van der Waals surface area contributed by atoms with Crippen molar-refractivity contribution in [3.63, 3.8) is 0 Å². The van der Waals surface area contributed by atoms with Crippen molar-refractivity contribution in [3.05, 3.63) is 166 Å². The Kier molecular flexibility index (Phi) is 13.9. The maximum absolute atomic E-state index is 12.7. The van der Waals surface area contributed by atoms with Gasteiger partial charge in [0.1, 0.15) is 11.6 Å². The summed E-state index contributed by atoms with van der Waals surface area (Å²) < 4.78 is 2.38. The van der Waals surface area contributed by atoms with Crippen LogP contribution in [0.25, 0.3) is 72.7 Å². The second-order valence-corrected chi connectivity index (χ2v) is 22.7. The summed E-state index contributed by atoms with van der Waals surface area (Å²) in [5, 5.41) is 12.7. The molecule has 68 heavy (non-hydrogen) atoms. The summed E-state index contributed by atoms with van der Waals surface area (Å²) in [6, 6.07) is 43.5. The van der Waals surface area contributed by atoms with Crippen LogP contribution in [0.1, 0.15) is 146 Å². The predicted molar refractivity (Wildman–Crippen MR) is 285 cm³/mol. The van der Waals surface area contributed by atoms with E-state index < -0.39 is 0 Å². The molecule has 0 aliphatic heterocycles. The zero-order valence-electron chi connectivity index (χ0n) is 43.2. The number of nitrogens with zero attached hydrogens (tertiary/aromatic N) is 3. The third-order valence-electron chi connectivity index (χ3n) is 13.5. The van der Waals surface area contributed by atoms with E-state index in [9.17, 15) is 5.11 Å². The maximum Gasteiger partial charge on any atom is 0.148 e. The predicted octanol–water partition coefficient (Wildman–Crippen LogP) is 17.3. The largest absolute Gasteiger partial charge is 0.507 e. The zero-order chi connectivity index (χ0) is 48.5. The summed E-state index contributed by atoms with van der Waals surface area (Å²) in [6.45, 7) is 35.9. The van der Waals surface area contributed by atoms with Crippen molar-refractivity contribution in [1.82, 2.24) is 14.5 Å². The summed E-state index contributed by atoms with van der Waals surface area (Å²) in [4.78, 5) is 10.7. The van der Waals surface area contributed by atoms with Crippen LogP contribution in [-0.2, 0) is 37.3 Å². The van der Waals surface area contributed by atoms with Crippen LogP contribution in [0.2, 0.25) is 0 Å². The van der Waals surface area contributed by atoms with Crippen LogP contribution in [0.5, 0.6) is 5.75 Å². The van der Waals surface area contributed by atoms with E-state index in [-0.39, 0.29) is 54.9 Å². The smallest absolute Gasteiger partial charge is 0.148 e. The second-order valence-electron chi connectivity index (χ2n) is 22.7. The molecule has 0 unspecified atom stereocenters. The van der Waals surface area contributed by atoms with E-state index in [0.717, 1.165) is 72.7 Å². The Bertz CT molecular complexity index is 3110. The number of imidazole rings is 1. The van der Waals surface area contributed by atoms with Crippen molar-refractivity contribution in [2.24, 2.45) is 0 Å². The first kappa shape index (κ1) is 50.3. The molecule has 0 saturated heterocycles. The second kappa shape index (κ2) is 18.7. The fraction of sp³-hybridized carbons (Fsp3) is 0.333. The number of phenolic OH excluding ortho intramolecular Hbond substituents is 1. The van der Waals surface area contributed by atoms with Crippen LogP contribution in [0.3, 0.4) is 0 Å². The minimum absolute atomic E-state index is 0. The van der Waals surface area contributed by atoms with Gasteiger partial charge >= 0.3 is 0 Å². The third-order valence-corrected chi connectivity index (χ3v) is 13.5. The van der Waals surface area contributed by atoms with Gasteiger partial charge in [-0.3, -0.25) is 9.55 Å². The molecule has 0 aliphatic carbocycles. The van der Waals surface area contributed by atoms with Gasteiger partial charge in [-0.2, -0.15) is 0 Å². The Labute approximate surface area is 421 Å². The molecule has 0 saturated carbocycles. The molecule has 0 radical (unpaired) electrons. The normalized spacial score (nSPS) is 12.3. The Balaban J connectivity index is 0.00000684. The summed E-state index contributed by atoms with van der Waals surface area (Å²) >= 11 is 0. The molecule has 2 heterocycles. The molecule has 4 nitrogen and oxygen atoms in total. The molecule has 8 aromatic rings. The van der Waals surface area contributed by atoms with Crippen molar-refractivity contribution in [3.8, 4) is 67.5 Å². The SMILES string of the molecule is Cc1cc(C)c(-c2cc(C(C)C)c(-n3c(-c4cc(C(C)(C)C)cc(C(C)(C)C)c4O)nc4c(-c5[c-]c(-c6cc(-c7ccccc7)ccn6)cc(C(C)(C)C)c5)cccc43)c(C(C)C)c2)c(C)c1.[Pt]. The fourth-order valence-corrected chi connectivity index (χ4v) is 9.81. The van der Waals surface area contributed by atoms with E-state index in [1.807, 2.05) is 12.3 Å². The van der Waals surface area contributed by atoms with Gasteiger partial charge in [0.2, 0.25) is 0 Å². The van der Waals surface area contributed by atoms with Gasteiger partial charge in [0.25, 0.3) is 0 Å². The number of phenols is 1. The van der Waals surface area contributed by atoms with Crippen LogP contribution >= 0.6 is 0 Å². The first-order valence-electron chi connectivity index (χ1n) is 24.2. The number of pyridine rings is 1. The van der Waals surface area contributed by atoms with Gasteiger partial charge in [0.15, 0.2) is 0 Å². The molecule has 6 aromatic carbocycles. The van der Waals surface area contributed by atoms with Gasteiger partial charge < -0.3 is 5.11 Å². The number of benzene rings is 6. The van der Waals surface area contributed by atoms with E-state index in [2.05, 4.69) is 225 Å². The van der Waals surface area contributed by atoms with Crippen LogP contribution in [0.4, 0.5) is 0 Å². The number of hydrogen-bond acceptors (Lipinski definition) is 3. The molecular weight excluding hydrogens is 1010 g/mol. The third kappa shape index (κ3) is 9.69. The van der Waals surface area contributed by atoms with Crippen molar-refractivity contribution in [2.45, 2.75) is 139 Å². The van der Waals surface area contributed by atoms with Gasteiger partial charge in [-0.1, -0.05) is 173 Å². The fourth-order valence-electron chi connectivity index (χ4n) is 9.81. The van der Waals surface area contributed by atoms with E-state index in [4.69, 9.17) is 9.97 Å². The molecule has 5 heteroatoms. The molecule has 0 fully saturated rings. The van der Waals surface area contributed by atoms with Crippen LogP contribution < -0.4 is 0 Å². The van der Waals surface area contributed by atoms with Crippen LogP contribution in [-0.4, -0.2) is 19.6 Å². The number of aryl methyl sites for hydroxylation is 3. The quantitative estimate of drug-likeness (QED) is 0.154. The summed E-state index contributed by atoms with van der Waals surface area (Å²) in [5.74, 6) is 1.33. The van der Waals surface area contributed by atoms with Crippen molar-refractivity contribution in [1.29, 1.82) is 0 Å². The van der Waals surface area contributed by atoms with Crippen molar-refractivity contribution < 1.29 is 26.2 Å². The number of fused-ring (bicyclic) bond motifs is 1. The number of para-hydroxylation sites is 1. The topological polar surface area (TPSA) is 50.9 Å². The van der Waals surface area contributed by atoms with Gasteiger partial charge in [0.05, 0.1) is 22.3 Å². The molecule has 2 aromatic heterocycles. The number of aromatic hydroxyl groups is 1. The van der Waals surface area contributed by atoms with Crippen molar-refractivity contribution in [2.75, 3.05) is 0 Å². The molecule has 0 spiro atoms. The standard InChI is InChI=1S/C63H70N3O.Pt/c1-37(2)50-32-46(56-40(6)27-39(5)28-41(56)7)33-51(38(3)4)58(50)66-55-24-20-23-49(57(55)65-60(66)52-35-48(62(11,12)13)36-53(59(52)67)63(14,15)16)44-29-45(31-47(30-44)61(8,9)10)54-34-43(25-26-64-54)42-21-18-17-19-22-42;/h17-28,30-38,67H,1-16H3;/q-1;. The zero-order valence-corrected chi connectivity index (χ0v) is 45.5. The van der Waals surface area contributed by atoms with E-state index >= 15 is 0 Å². The molecule has 0 amide bonds. The van der Waals surface area contributed by atoms with Crippen LogP contribution in [0.15, 0.2) is 115 Å². The average molecular weight is 1080 g/mol. The molecule has 8 rings (SSSR count). The van der Waals surface area contributed by atoms with Crippen LogP contribution in [0, 0.1) is 26.8 Å². The first-order chi connectivity index (χ1) is 31.4. The number of rotatable bonds is 8. The Morgan fingerprint density at radius 1 is 0.574 bits per heavy atom. The summed E-state index contributed by atoms with van der Waals surface area (Å²) in [5.41, 5.74) is 21.1. The van der Waals surface area contributed by atoms with E-state index in [1.165, 1.54) is 44.5 Å². The molecular formula is C63H70N3OPt-. The summed E-state index contributed by atoms with van der Waals surface area (Å²) in [7, 11) is 0. The number of hydrogen-bond donors (Lipinski definition) is 1. The molecule has 0 bridgehead atoms. The number of aromatic nitrogens is 3. The van der Waals surface area contributed by atoms with Gasteiger partial charge in [-0.05, 0) is 129 Å². The first-order valence-corrected chi connectivity index (χ1v) is 24.2. The minimum Gasteiger partial charge on any atom is -0.507 e. The maximum atomic E-state index is 12.7. The van der Waals surface area contributed by atoms with Gasteiger partial charge in [0, 0.05) is 38.5 Å². The molecule has 0 atom stereocenters. The summed E-state index contributed by atoms with van der Waals surface area (Å²) in [6.07, 6.45) is 1.90. The minimum atomic E-state index is -0.329.